The Hall–Kier alpha value is -0.120. The molecule has 1 heterocycles. The van der Waals surface area contributed by atoms with Crippen LogP contribution in [0.25, 0.3) is 0 Å². The Balaban J connectivity index is 1.88. The molecule has 0 aromatic rings. The number of hydrogen-bond donors (Lipinski definition) is 1. The van der Waals surface area contributed by atoms with E-state index in [4.69, 9.17) is 5.73 Å². The number of likely N-dealkylation sites (tertiary alicyclic amines) is 1. The van der Waals surface area contributed by atoms with E-state index in [2.05, 4.69) is 30.8 Å². The molecular weight excluding hydrogens is 246 g/mol. The van der Waals surface area contributed by atoms with E-state index in [1.165, 1.54) is 58.2 Å². The zero-order chi connectivity index (χ0) is 14.5. The summed E-state index contributed by atoms with van der Waals surface area (Å²) in [6, 6.07) is 0.733. The van der Waals surface area contributed by atoms with Crippen LogP contribution in [-0.2, 0) is 0 Å². The van der Waals surface area contributed by atoms with Crippen molar-refractivity contribution in [3.8, 4) is 0 Å². The van der Waals surface area contributed by atoms with Gasteiger partial charge >= 0.3 is 0 Å². The van der Waals surface area contributed by atoms with Crippen LogP contribution < -0.4 is 5.73 Å². The number of hydrogen-bond acceptors (Lipinski definition) is 3. The molecule has 0 amide bonds. The maximum Gasteiger partial charge on any atom is 0.0135 e. The molecule has 2 aliphatic rings. The first kappa shape index (κ1) is 16.3. The lowest BCUT2D eigenvalue weighted by atomic mass is 9.76. The molecule has 20 heavy (non-hydrogen) atoms. The molecule has 118 valence electrons. The molecule has 2 rings (SSSR count). The monoisotopic (exact) mass is 281 g/mol. The second-order valence-corrected chi connectivity index (χ2v) is 7.39. The van der Waals surface area contributed by atoms with Crippen molar-refractivity contribution in [2.24, 2.45) is 23.5 Å². The van der Waals surface area contributed by atoms with Gasteiger partial charge in [0.2, 0.25) is 0 Å². The lowest BCUT2D eigenvalue weighted by molar-refractivity contribution is 0.0882. The summed E-state index contributed by atoms with van der Waals surface area (Å²) in [5.41, 5.74) is 6.05. The Morgan fingerprint density at radius 1 is 1.20 bits per heavy atom. The van der Waals surface area contributed by atoms with Crippen molar-refractivity contribution in [1.29, 1.82) is 0 Å². The Bertz CT molecular complexity index is 281. The van der Waals surface area contributed by atoms with E-state index in [0.717, 1.165) is 30.3 Å². The lowest BCUT2D eigenvalue weighted by Crippen LogP contribution is -2.46. The molecule has 1 aliphatic heterocycles. The second-order valence-electron chi connectivity index (χ2n) is 7.39. The maximum atomic E-state index is 6.05. The van der Waals surface area contributed by atoms with Crippen LogP contribution >= 0.6 is 0 Å². The standard InChI is InChI=1S/C17H35N3/c1-4-5-14-6-7-16(11-18)17(10-14)20(3)13-15-8-9-19(2)12-15/h14-17H,4-13,18H2,1-3H3. The van der Waals surface area contributed by atoms with Gasteiger partial charge in [-0.1, -0.05) is 26.2 Å². The van der Waals surface area contributed by atoms with Crippen LogP contribution in [0.3, 0.4) is 0 Å². The molecule has 1 saturated heterocycles. The molecule has 0 spiro atoms. The third-order valence-corrected chi connectivity index (χ3v) is 5.67. The van der Waals surface area contributed by atoms with E-state index >= 15 is 0 Å². The molecule has 0 aromatic heterocycles. The molecule has 3 nitrogen and oxygen atoms in total. The van der Waals surface area contributed by atoms with E-state index in [-0.39, 0.29) is 0 Å². The van der Waals surface area contributed by atoms with Crippen LogP contribution in [-0.4, -0.2) is 56.1 Å². The molecule has 4 atom stereocenters. The van der Waals surface area contributed by atoms with Gasteiger partial charge in [0.25, 0.3) is 0 Å². The summed E-state index contributed by atoms with van der Waals surface area (Å²) in [4.78, 5) is 5.13. The van der Waals surface area contributed by atoms with Crippen molar-refractivity contribution in [3.05, 3.63) is 0 Å². The van der Waals surface area contributed by atoms with E-state index in [1.54, 1.807) is 0 Å². The van der Waals surface area contributed by atoms with Crippen molar-refractivity contribution in [2.45, 2.75) is 51.5 Å². The Kier molecular flexibility index (Phi) is 6.31. The molecule has 0 bridgehead atoms. The Labute approximate surface area is 125 Å². The van der Waals surface area contributed by atoms with Gasteiger partial charge in [-0.3, -0.25) is 0 Å². The van der Waals surface area contributed by atoms with Gasteiger partial charge in [0.1, 0.15) is 0 Å². The Morgan fingerprint density at radius 2 is 2.00 bits per heavy atom. The molecule has 2 N–H and O–H groups in total. The van der Waals surface area contributed by atoms with Crippen molar-refractivity contribution in [2.75, 3.05) is 40.3 Å². The molecule has 2 fully saturated rings. The van der Waals surface area contributed by atoms with Crippen LogP contribution in [0.15, 0.2) is 0 Å². The molecular formula is C17H35N3. The minimum atomic E-state index is 0.729. The van der Waals surface area contributed by atoms with E-state index in [9.17, 15) is 0 Å². The van der Waals surface area contributed by atoms with Crippen molar-refractivity contribution in [1.82, 2.24) is 9.80 Å². The highest BCUT2D eigenvalue weighted by atomic mass is 15.2. The largest absolute Gasteiger partial charge is 0.330 e. The first-order valence-corrected chi connectivity index (χ1v) is 8.72. The van der Waals surface area contributed by atoms with Gasteiger partial charge in [0.05, 0.1) is 0 Å². The van der Waals surface area contributed by atoms with Crippen molar-refractivity contribution >= 4 is 0 Å². The second kappa shape index (κ2) is 7.77. The van der Waals surface area contributed by atoms with Gasteiger partial charge in [0, 0.05) is 19.1 Å². The van der Waals surface area contributed by atoms with Crippen LogP contribution in [0.1, 0.15) is 45.4 Å². The van der Waals surface area contributed by atoms with Crippen LogP contribution in [0.4, 0.5) is 0 Å². The van der Waals surface area contributed by atoms with Gasteiger partial charge in [-0.15, -0.1) is 0 Å². The summed E-state index contributed by atoms with van der Waals surface area (Å²) in [6.45, 7) is 7.02. The van der Waals surface area contributed by atoms with Gasteiger partial charge in [-0.2, -0.15) is 0 Å². The minimum Gasteiger partial charge on any atom is -0.330 e. The van der Waals surface area contributed by atoms with E-state index < -0.39 is 0 Å². The SMILES string of the molecule is CCCC1CCC(CN)C(N(C)CC2CCN(C)C2)C1. The summed E-state index contributed by atoms with van der Waals surface area (Å²) >= 11 is 0. The zero-order valence-electron chi connectivity index (χ0n) is 13.9. The topological polar surface area (TPSA) is 32.5 Å². The van der Waals surface area contributed by atoms with Crippen LogP contribution in [0.2, 0.25) is 0 Å². The predicted molar refractivity (Wildman–Crippen MR) is 86.8 cm³/mol. The number of nitrogens with zero attached hydrogens (tertiary/aromatic N) is 2. The third kappa shape index (κ3) is 4.19. The highest BCUT2D eigenvalue weighted by Gasteiger charge is 2.33. The first-order chi connectivity index (χ1) is 9.63. The smallest absolute Gasteiger partial charge is 0.0135 e. The van der Waals surface area contributed by atoms with Gasteiger partial charge < -0.3 is 15.5 Å². The highest BCUT2D eigenvalue weighted by Crippen LogP contribution is 2.34. The van der Waals surface area contributed by atoms with Gasteiger partial charge in [0.15, 0.2) is 0 Å². The molecule has 1 aliphatic carbocycles. The average molecular weight is 281 g/mol. The Morgan fingerprint density at radius 3 is 2.60 bits per heavy atom. The van der Waals surface area contributed by atoms with Crippen molar-refractivity contribution in [3.63, 3.8) is 0 Å². The fourth-order valence-corrected chi connectivity index (χ4v) is 4.50. The summed E-state index contributed by atoms with van der Waals surface area (Å²) < 4.78 is 0. The first-order valence-electron chi connectivity index (χ1n) is 8.72. The summed E-state index contributed by atoms with van der Waals surface area (Å²) in [7, 11) is 4.60. The van der Waals surface area contributed by atoms with E-state index in [0.29, 0.717) is 0 Å². The molecule has 4 unspecified atom stereocenters. The van der Waals surface area contributed by atoms with Gasteiger partial charge in [-0.25, -0.2) is 0 Å². The van der Waals surface area contributed by atoms with Crippen LogP contribution in [0, 0.1) is 17.8 Å². The summed E-state index contributed by atoms with van der Waals surface area (Å²) in [5, 5.41) is 0. The minimum absolute atomic E-state index is 0.729. The predicted octanol–water partition coefficient (Wildman–Crippen LogP) is 2.41. The normalized spacial score (nSPS) is 35.9. The fraction of sp³-hybridized carbons (Fsp3) is 1.00. The fourth-order valence-electron chi connectivity index (χ4n) is 4.50. The highest BCUT2D eigenvalue weighted by molar-refractivity contribution is 4.88. The van der Waals surface area contributed by atoms with Gasteiger partial charge in [-0.05, 0) is 64.2 Å². The van der Waals surface area contributed by atoms with Crippen LogP contribution in [0.5, 0.6) is 0 Å². The molecule has 3 heteroatoms. The summed E-state index contributed by atoms with van der Waals surface area (Å²) in [5.74, 6) is 2.55. The zero-order valence-corrected chi connectivity index (χ0v) is 13.9. The van der Waals surface area contributed by atoms with E-state index in [1.807, 2.05) is 0 Å². The number of rotatable bonds is 6. The molecule has 0 radical (unpaired) electrons. The quantitative estimate of drug-likeness (QED) is 0.811. The van der Waals surface area contributed by atoms with Crippen molar-refractivity contribution < 1.29 is 0 Å². The summed E-state index contributed by atoms with van der Waals surface area (Å²) in [6.07, 6.45) is 8.26. The average Bonchev–Trinajstić information content (AvgIpc) is 2.84. The third-order valence-electron chi connectivity index (χ3n) is 5.67. The molecule has 0 aromatic carbocycles. The molecule has 1 saturated carbocycles. The maximum absolute atomic E-state index is 6.05. The number of nitrogens with two attached hydrogens (primary N) is 1. The lowest BCUT2D eigenvalue weighted by Gasteiger charge is -2.42.